The molecule has 1 nitrogen and oxygen atoms in total. The van der Waals surface area contributed by atoms with Crippen LogP contribution in [0, 0.1) is 5.82 Å². The van der Waals surface area contributed by atoms with Crippen molar-refractivity contribution in [2.45, 2.75) is 12.8 Å². The monoisotopic (exact) mass is 227 g/mol. The Hall–Kier alpha value is -0.540. The number of rotatable bonds is 6. The van der Waals surface area contributed by atoms with Gasteiger partial charge in [-0.3, -0.25) is 0 Å². The van der Waals surface area contributed by atoms with Gasteiger partial charge in [-0.1, -0.05) is 12.1 Å². The molecule has 1 rings (SSSR count). The second kappa shape index (κ2) is 6.85. The molecule has 1 aromatic carbocycles. The first-order valence-electron chi connectivity index (χ1n) is 5.26. The van der Waals surface area contributed by atoms with Crippen LogP contribution < -0.4 is 0 Å². The van der Waals surface area contributed by atoms with Gasteiger partial charge in [0.15, 0.2) is 0 Å². The Labute approximate surface area is 96.7 Å². The van der Waals surface area contributed by atoms with Gasteiger partial charge in [0.05, 0.1) is 0 Å². The number of benzene rings is 1. The Morgan fingerprint density at radius 3 is 2.47 bits per heavy atom. The Bertz CT molecular complexity index is 273. The summed E-state index contributed by atoms with van der Waals surface area (Å²) in [5, 5.41) is 0. The van der Waals surface area contributed by atoms with Crippen molar-refractivity contribution < 1.29 is 4.39 Å². The molecule has 1 aromatic rings. The van der Waals surface area contributed by atoms with Crippen molar-refractivity contribution in [3.63, 3.8) is 0 Å². The van der Waals surface area contributed by atoms with Crippen LogP contribution in [0.4, 0.5) is 4.39 Å². The third-order valence-corrected chi connectivity index (χ3v) is 2.71. The summed E-state index contributed by atoms with van der Waals surface area (Å²) in [6, 6.07) is 6.73. The third kappa shape index (κ3) is 5.19. The van der Waals surface area contributed by atoms with Gasteiger partial charge in [-0.15, -0.1) is 0 Å². The summed E-state index contributed by atoms with van der Waals surface area (Å²) < 4.78 is 12.6. The minimum Gasteiger partial charge on any atom is -0.306 e. The minimum absolute atomic E-state index is 0.165. The van der Waals surface area contributed by atoms with E-state index in [9.17, 15) is 4.39 Å². The topological polar surface area (TPSA) is 3.24 Å². The molecule has 84 valence electrons. The highest BCUT2D eigenvalue weighted by Crippen LogP contribution is 2.04. The fourth-order valence-electron chi connectivity index (χ4n) is 1.42. The van der Waals surface area contributed by atoms with Gasteiger partial charge >= 0.3 is 0 Å². The first-order chi connectivity index (χ1) is 7.22. The minimum atomic E-state index is -0.165. The van der Waals surface area contributed by atoms with Crippen molar-refractivity contribution in [3.8, 4) is 0 Å². The van der Waals surface area contributed by atoms with Gasteiger partial charge in [0.25, 0.3) is 0 Å². The molecule has 0 fully saturated rings. The van der Waals surface area contributed by atoms with E-state index in [0.717, 1.165) is 31.7 Å². The number of likely N-dealkylation sites (N-methyl/N-ethyl adjacent to an activating group) is 1. The van der Waals surface area contributed by atoms with Crippen molar-refractivity contribution in [2.24, 2.45) is 0 Å². The molecule has 0 aliphatic rings. The molecule has 0 N–H and O–H groups in total. The summed E-state index contributed by atoms with van der Waals surface area (Å²) in [6.07, 6.45) is 2.09. The lowest BCUT2D eigenvalue weighted by molar-refractivity contribution is 0.340. The third-order valence-electron chi connectivity index (χ3n) is 2.39. The summed E-state index contributed by atoms with van der Waals surface area (Å²) in [5.74, 6) is 0.767. The maximum atomic E-state index is 12.6. The second-order valence-electron chi connectivity index (χ2n) is 3.76. The Morgan fingerprint density at radius 2 is 1.87 bits per heavy atom. The molecule has 3 heteroatoms. The first kappa shape index (κ1) is 12.5. The standard InChI is InChI=1S/C12H18FNS/c1-14(8-2-10-15)9-7-11-3-5-12(13)6-4-11/h3-6,15H,2,7-10H2,1H3. The van der Waals surface area contributed by atoms with Crippen LogP contribution in [0.5, 0.6) is 0 Å². The van der Waals surface area contributed by atoms with Crippen LogP contribution in [0.25, 0.3) is 0 Å². The van der Waals surface area contributed by atoms with Gasteiger partial charge in [0.1, 0.15) is 5.82 Å². The molecule has 0 unspecified atom stereocenters. The average Bonchev–Trinajstić information content (AvgIpc) is 2.25. The molecule has 0 aliphatic heterocycles. The van der Waals surface area contributed by atoms with Crippen LogP contribution >= 0.6 is 12.6 Å². The lowest BCUT2D eigenvalue weighted by atomic mass is 10.1. The fourth-order valence-corrected chi connectivity index (χ4v) is 1.56. The molecule has 0 saturated carbocycles. The molecular formula is C12H18FNS. The van der Waals surface area contributed by atoms with Gasteiger partial charge in [0, 0.05) is 6.54 Å². The van der Waals surface area contributed by atoms with E-state index in [0.29, 0.717) is 0 Å². The van der Waals surface area contributed by atoms with Crippen LogP contribution in [-0.4, -0.2) is 30.8 Å². The molecule has 0 radical (unpaired) electrons. The van der Waals surface area contributed by atoms with Crippen molar-refractivity contribution in [3.05, 3.63) is 35.6 Å². The lowest BCUT2D eigenvalue weighted by Crippen LogP contribution is -2.22. The average molecular weight is 227 g/mol. The van der Waals surface area contributed by atoms with Crippen molar-refractivity contribution in [2.75, 3.05) is 25.9 Å². The van der Waals surface area contributed by atoms with Crippen LogP contribution in [-0.2, 0) is 6.42 Å². The van der Waals surface area contributed by atoms with Gasteiger partial charge in [-0.2, -0.15) is 12.6 Å². The zero-order valence-corrected chi connectivity index (χ0v) is 10.0. The molecule has 0 aliphatic carbocycles. The highest BCUT2D eigenvalue weighted by molar-refractivity contribution is 7.80. The summed E-state index contributed by atoms with van der Waals surface area (Å²) in [6.45, 7) is 2.09. The number of halogens is 1. The van der Waals surface area contributed by atoms with Crippen molar-refractivity contribution in [1.29, 1.82) is 0 Å². The quantitative estimate of drug-likeness (QED) is 0.731. The predicted molar refractivity (Wildman–Crippen MR) is 66.1 cm³/mol. The van der Waals surface area contributed by atoms with E-state index >= 15 is 0 Å². The SMILES string of the molecule is CN(CCCS)CCc1ccc(F)cc1. The summed E-state index contributed by atoms with van der Waals surface area (Å²) in [5.41, 5.74) is 1.19. The fraction of sp³-hybridized carbons (Fsp3) is 0.500. The Morgan fingerprint density at radius 1 is 1.20 bits per heavy atom. The number of hydrogen-bond donors (Lipinski definition) is 1. The number of thiol groups is 1. The molecule has 0 heterocycles. The lowest BCUT2D eigenvalue weighted by Gasteiger charge is -2.15. The highest BCUT2D eigenvalue weighted by atomic mass is 32.1. The maximum Gasteiger partial charge on any atom is 0.123 e. The maximum absolute atomic E-state index is 12.6. The molecular weight excluding hydrogens is 209 g/mol. The van der Waals surface area contributed by atoms with Gasteiger partial charge in [0.2, 0.25) is 0 Å². The first-order valence-corrected chi connectivity index (χ1v) is 5.89. The van der Waals surface area contributed by atoms with Crippen LogP contribution in [0.15, 0.2) is 24.3 Å². The molecule has 15 heavy (non-hydrogen) atoms. The van der Waals surface area contributed by atoms with Gasteiger partial charge < -0.3 is 4.90 Å². The van der Waals surface area contributed by atoms with Gasteiger partial charge in [-0.25, -0.2) is 4.39 Å². The zero-order chi connectivity index (χ0) is 11.1. The van der Waals surface area contributed by atoms with Crippen molar-refractivity contribution >= 4 is 12.6 Å². The largest absolute Gasteiger partial charge is 0.306 e. The smallest absolute Gasteiger partial charge is 0.123 e. The van der Waals surface area contributed by atoms with E-state index < -0.39 is 0 Å². The zero-order valence-electron chi connectivity index (χ0n) is 9.12. The van der Waals surface area contributed by atoms with E-state index in [1.54, 1.807) is 0 Å². The molecule has 0 spiro atoms. The molecule has 0 aromatic heterocycles. The predicted octanol–water partition coefficient (Wildman–Crippen LogP) is 2.62. The van der Waals surface area contributed by atoms with Gasteiger partial charge in [-0.05, 0) is 49.9 Å². The van der Waals surface area contributed by atoms with E-state index in [4.69, 9.17) is 0 Å². The highest BCUT2D eigenvalue weighted by Gasteiger charge is 1.99. The summed E-state index contributed by atoms with van der Waals surface area (Å²) in [4.78, 5) is 2.28. The van der Waals surface area contributed by atoms with E-state index in [-0.39, 0.29) is 5.82 Å². The Balaban J connectivity index is 2.27. The second-order valence-corrected chi connectivity index (χ2v) is 4.20. The van der Waals surface area contributed by atoms with E-state index in [1.165, 1.54) is 17.7 Å². The van der Waals surface area contributed by atoms with Crippen LogP contribution in [0.3, 0.4) is 0 Å². The van der Waals surface area contributed by atoms with Crippen molar-refractivity contribution in [1.82, 2.24) is 4.90 Å². The van der Waals surface area contributed by atoms with Crippen LogP contribution in [0.2, 0.25) is 0 Å². The van der Waals surface area contributed by atoms with E-state index in [1.807, 2.05) is 12.1 Å². The number of nitrogens with zero attached hydrogens (tertiary/aromatic N) is 1. The Kier molecular flexibility index (Phi) is 5.73. The summed E-state index contributed by atoms with van der Waals surface area (Å²) >= 11 is 4.18. The summed E-state index contributed by atoms with van der Waals surface area (Å²) in [7, 11) is 2.10. The normalized spacial score (nSPS) is 10.9. The molecule has 0 saturated heterocycles. The molecule has 0 atom stereocenters. The van der Waals surface area contributed by atoms with E-state index in [2.05, 4.69) is 24.6 Å². The number of hydrogen-bond acceptors (Lipinski definition) is 2. The molecule has 0 amide bonds. The van der Waals surface area contributed by atoms with Crippen LogP contribution in [0.1, 0.15) is 12.0 Å². The molecule has 0 bridgehead atoms.